The first-order chi connectivity index (χ1) is 13.1. The van der Waals surface area contributed by atoms with Crippen LogP contribution in [0.1, 0.15) is 16.8 Å². The van der Waals surface area contributed by atoms with E-state index in [1.807, 2.05) is 54.2 Å². The van der Waals surface area contributed by atoms with Gasteiger partial charge in [-0.15, -0.1) is 0 Å². The first-order valence-corrected chi connectivity index (χ1v) is 9.14. The molecule has 0 radical (unpaired) electrons. The summed E-state index contributed by atoms with van der Waals surface area (Å²) in [7, 11) is 3.72. The Labute approximate surface area is 164 Å². The molecule has 0 aliphatic heterocycles. The van der Waals surface area contributed by atoms with Crippen molar-refractivity contribution < 1.29 is 9.53 Å². The van der Waals surface area contributed by atoms with E-state index in [-0.39, 0.29) is 5.91 Å². The summed E-state index contributed by atoms with van der Waals surface area (Å²) >= 11 is 5.95. The van der Waals surface area contributed by atoms with Crippen molar-refractivity contribution in [2.75, 3.05) is 20.2 Å². The van der Waals surface area contributed by atoms with Gasteiger partial charge in [0.25, 0.3) is 5.91 Å². The second-order valence-corrected chi connectivity index (χ2v) is 6.73. The quantitative estimate of drug-likeness (QED) is 0.572. The average Bonchev–Trinajstić information content (AvgIpc) is 3.10. The highest BCUT2D eigenvalue weighted by Crippen LogP contribution is 2.23. The number of carbonyl (C=O) groups is 1. The van der Waals surface area contributed by atoms with Crippen LogP contribution in [0, 0.1) is 0 Å². The van der Waals surface area contributed by atoms with Crippen molar-refractivity contribution in [2.45, 2.75) is 6.42 Å². The predicted octanol–water partition coefficient (Wildman–Crippen LogP) is 4.28. The predicted molar refractivity (Wildman–Crippen MR) is 107 cm³/mol. The molecule has 5 nitrogen and oxygen atoms in total. The Morgan fingerprint density at radius 2 is 2.04 bits per heavy atom. The van der Waals surface area contributed by atoms with E-state index in [1.54, 1.807) is 30.3 Å². The maximum atomic E-state index is 12.9. The molecule has 1 aromatic heterocycles. The lowest BCUT2D eigenvalue weighted by Gasteiger charge is -2.19. The molecule has 3 aromatic rings. The molecule has 0 bridgehead atoms. The molecule has 0 spiro atoms. The molecule has 3 rings (SSSR count). The van der Waals surface area contributed by atoms with Crippen molar-refractivity contribution in [1.82, 2.24) is 14.5 Å². The fraction of sp³-hybridized carbons (Fsp3) is 0.238. The first kappa shape index (κ1) is 19.0. The summed E-state index contributed by atoms with van der Waals surface area (Å²) in [5.41, 5.74) is 1.47. The molecule has 0 saturated heterocycles. The number of aryl methyl sites for hydroxylation is 1. The lowest BCUT2D eigenvalue weighted by molar-refractivity contribution is 0.0788. The van der Waals surface area contributed by atoms with Crippen LogP contribution < -0.4 is 4.74 Å². The maximum Gasteiger partial charge on any atom is 0.254 e. The van der Waals surface area contributed by atoms with E-state index < -0.39 is 0 Å². The number of benzene rings is 2. The van der Waals surface area contributed by atoms with E-state index in [1.165, 1.54) is 0 Å². The molecule has 0 saturated carbocycles. The third-order valence-corrected chi connectivity index (χ3v) is 4.50. The van der Waals surface area contributed by atoms with Crippen molar-refractivity contribution >= 4 is 17.5 Å². The minimum Gasteiger partial charge on any atom is -0.493 e. The van der Waals surface area contributed by atoms with Gasteiger partial charge in [-0.1, -0.05) is 35.9 Å². The number of nitrogens with zero attached hydrogens (tertiary/aromatic N) is 3. The normalized spacial score (nSPS) is 10.6. The van der Waals surface area contributed by atoms with Crippen molar-refractivity contribution in [3.05, 3.63) is 71.5 Å². The highest BCUT2D eigenvalue weighted by molar-refractivity contribution is 6.30. The lowest BCUT2D eigenvalue weighted by atomic mass is 10.1. The highest BCUT2D eigenvalue weighted by Gasteiger charge is 2.18. The molecule has 0 aliphatic rings. The second-order valence-electron chi connectivity index (χ2n) is 6.29. The topological polar surface area (TPSA) is 47.4 Å². The average molecular weight is 384 g/mol. The van der Waals surface area contributed by atoms with Crippen LogP contribution in [0.5, 0.6) is 5.75 Å². The number of amides is 1. The summed E-state index contributed by atoms with van der Waals surface area (Å²) in [5.74, 6) is 1.48. The van der Waals surface area contributed by atoms with Gasteiger partial charge in [0.15, 0.2) is 0 Å². The molecule has 0 unspecified atom stereocenters. The molecule has 6 heteroatoms. The van der Waals surface area contributed by atoms with Gasteiger partial charge in [0.2, 0.25) is 0 Å². The molecule has 0 aliphatic carbocycles. The van der Waals surface area contributed by atoms with Gasteiger partial charge in [-0.2, -0.15) is 0 Å². The smallest absolute Gasteiger partial charge is 0.254 e. The van der Waals surface area contributed by atoms with E-state index in [0.717, 1.165) is 23.6 Å². The SMILES string of the molecule is CN(CCCOc1cccc(Cl)c1)C(=O)c1ccccc1-c1nccn1C. The molecule has 0 fully saturated rings. The molecule has 2 aromatic carbocycles. The molecule has 27 heavy (non-hydrogen) atoms. The minimum absolute atomic E-state index is 0.0312. The molecule has 140 valence electrons. The van der Waals surface area contributed by atoms with Crippen molar-refractivity contribution in [3.63, 3.8) is 0 Å². The van der Waals surface area contributed by atoms with Crippen LogP contribution in [-0.4, -0.2) is 40.6 Å². The number of hydrogen-bond donors (Lipinski definition) is 0. The number of imidazole rings is 1. The first-order valence-electron chi connectivity index (χ1n) is 8.77. The Balaban J connectivity index is 1.60. The third kappa shape index (κ3) is 4.68. The van der Waals surface area contributed by atoms with Gasteiger partial charge < -0.3 is 14.2 Å². The van der Waals surface area contributed by atoms with Crippen molar-refractivity contribution in [2.24, 2.45) is 7.05 Å². The van der Waals surface area contributed by atoms with Gasteiger partial charge in [-0.05, 0) is 30.7 Å². The van der Waals surface area contributed by atoms with Crippen LogP contribution in [0.2, 0.25) is 5.02 Å². The minimum atomic E-state index is -0.0312. The Morgan fingerprint density at radius 1 is 1.22 bits per heavy atom. The van der Waals surface area contributed by atoms with E-state index in [0.29, 0.717) is 23.7 Å². The van der Waals surface area contributed by atoms with Crippen LogP contribution >= 0.6 is 11.6 Å². The molecular formula is C21H22ClN3O2. The maximum absolute atomic E-state index is 12.9. The summed E-state index contributed by atoms with van der Waals surface area (Å²) in [6, 6.07) is 14.8. The molecular weight excluding hydrogens is 362 g/mol. The van der Waals surface area contributed by atoms with E-state index in [9.17, 15) is 4.79 Å². The van der Waals surface area contributed by atoms with Gasteiger partial charge in [0, 0.05) is 43.6 Å². The number of rotatable bonds is 7. The summed E-state index contributed by atoms with van der Waals surface area (Å²) < 4.78 is 7.59. The summed E-state index contributed by atoms with van der Waals surface area (Å²) in [5, 5.41) is 0.644. The van der Waals surface area contributed by atoms with Gasteiger partial charge >= 0.3 is 0 Å². The van der Waals surface area contributed by atoms with E-state index in [2.05, 4.69) is 4.98 Å². The summed E-state index contributed by atoms with van der Waals surface area (Å²) in [6.45, 7) is 1.10. The Bertz CT molecular complexity index is 923. The summed E-state index contributed by atoms with van der Waals surface area (Å²) in [6.07, 6.45) is 4.32. The Hall–Kier alpha value is -2.79. The molecule has 1 amide bonds. The van der Waals surface area contributed by atoms with E-state index >= 15 is 0 Å². The fourth-order valence-electron chi connectivity index (χ4n) is 2.85. The molecule has 1 heterocycles. The largest absolute Gasteiger partial charge is 0.493 e. The number of aromatic nitrogens is 2. The van der Waals surface area contributed by atoms with Crippen LogP contribution in [0.25, 0.3) is 11.4 Å². The van der Waals surface area contributed by atoms with E-state index in [4.69, 9.17) is 16.3 Å². The van der Waals surface area contributed by atoms with Crippen LogP contribution in [0.4, 0.5) is 0 Å². The van der Waals surface area contributed by atoms with Gasteiger partial charge in [0.1, 0.15) is 11.6 Å². The Kier molecular flexibility index (Phi) is 6.14. The zero-order valence-electron chi connectivity index (χ0n) is 15.4. The van der Waals surface area contributed by atoms with Crippen LogP contribution in [-0.2, 0) is 7.05 Å². The van der Waals surface area contributed by atoms with Gasteiger partial charge in [-0.25, -0.2) is 4.98 Å². The van der Waals surface area contributed by atoms with Crippen LogP contribution in [0.3, 0.4) is 0 Å². The fourth-order valence-corrected chi connectivity index (χ4v) is 3.03. The number of ether oxygens (including phenoxy) is 1. The number of hydrogen-bond acceptors (Lipinski definition) is 3. The zero-order chi connectivity index (χ0) is 19.2. The lowest BCUT2D eigenvalue weighted by Crippen LogP contribution is -2.29. The monoisotopic (exact) mass is 383 g/mol. The van der Waals surface area contributed by atoms with Crippen molar-refractivity contribution in [3.8, 4) is 17.1 Å². The molecule has 0 atom stereocenters. The van der Waals surface area contributed by atoms with Gasteiger partial charge in [-0.3, -0.25) is 4.79 Å². The van der Waals surface area contributed by atoms with Crippen LogP contribution in [0.15, 0.2) is 60.9 Å². The van der Waals surface area contributed by atoms with Gasteiger partial charge in [0.05, 0.1) is 12.2 Å². The Morgan fingerprint density at radius 3 is 2.78 bits per heavy atom. The number of carbonyl (C=O) groups excluding carboxylic acids is 1. The van der Waals surface area contributed by atoms with Crippen molar-refractivity contribution in [1.29, 1.82) is 0 Å². The summed E-state index contributed by atoms with van der Waals surface area (Å²) in [4.78, 5) is 19.0. The highest BCUT2D eigenvalue weighted by atomic mass is 35.5. The second kappa shape index (κ2) is 8.73. The number of halogens is 1. The zero-order valence-corrected chi connectivity index (χ0v) is 16.2. The molecule has 0 N–H and O–H groups in total. The standard InChI is InChI=1S/C21H22ClN3O2/c1-24-13-11-23-20(24)18-9-3-4-10-19(18)21(26)25(2)12-6-14-27-17-8-5-7-16(22)15-17/h3-5,7-11,13,15H,6,12,14H2,1-2H3. The third-order valence-electron chi connectivity index (χ3n) is 4.27.